The smallest absolute Gasteiger partial charge is 0.306 e. The lowest BCUT2D eigenvalue weighted by molar-refractivity contribution is -0.161. The highest BCUT2D eigenvalue weighted by Gasteiger charge is 2.16. The summed E-state index contributed by atoms with van der Waals surface area (Å²) in [6.07, 6.45) is 69.3. The van der Waals surface area contributed by atoms with Gasteiger partial charge in [-0.3, -0.25) is 9.59 Å². The molecule has 0 saturated carbocycles. The first-order chi connectivity index (χ1) is 30.6. The molecule has 0 rings (SSSR count). The van der Waals surface area contributed by atoms with E-state index in [2.05, 4.69) is 62.5 Å². The van der Waals surface area contributed by atoms with E-state index < -0.39 is 6.10 Å². The summed E-state index contributed by atoms with van der Waals surface area (Å²) in [6, 6.07) is 0. The lowest BCUT2D eigenvalue weighted by Crippen LogP contribution is -2.28. The summed E-state index contributed by atoms with van der Waals surface area (Å²) in [6.45, 7) is 4.06. The molecule has 0 saturated heterocycles. The Morgan fingerprint density at radius 3 is 1.05 bits per heavy atom. The van der Waals surface area contributed by atoms with Gasteiger partial charge in [0.15, 0.2) is 6.10 Å². The van der Waals surface area contributed by atoms with Gasteiger partial charge in [-0.1, -0.05) is 268 Å². The molecule has 0 heterocycles. The first-order valence-electron chi connectivity index (χ1n) is 27.2. The highest BCUT2D eigenvalue weighted by Crippen LogP contribution is 2.17. The van der Waals surface area contributed by atoms with Crippen LogP contribution in [0.4, 0.5) is 0 Å². The van der Waals surface area contributed by atoms with E-state index in [0.717, 1.165) is 64.2 Å². The Hall–Kier alpha value is -2.14. The van der Waals surface area contributed by atoms with Crippen molar-refractivity contribution in [2.24, 2.45) is 0 Å². The molecule has 0 aliphatic carbocycles. The van der Waals surface area contributed by atoms with Crippen molar-refractivity contribution < 1.29 is 24.2 Å². The van der Waals surface area contributed by atoms with Gasteiger partial charge in [0.1, 0.15) is 6.61 Å². The molecule has 5 heteroatoms. The van der Waals surface area contributed by atoms with Crippen molar-refractivity contribution in [3.05, 3.63) is 48.6 Å². The van der Waals surface area contributed by atoms with Gasteiger partial charge in [0.25, 0.3) is 0 Å². The lowest BCUT2D eigenvalue weighted by atomic mass is 10.0. The number of hydrogen-bond acceptors (Lipinski definition) is 5. The summed E-state index contributed by atoms with van der Waals surface area (Å²) in [5, 5.41) is 9.64. The number of unbranched alkanes of at least 4 members (excludes halogenated alkanes) is 34. The van der Waals surface area contributed by atoms with Crippen LogP contribution < -0.4 is 0 Å². The fourth-order valence-corrected chi connectivity index (χ4v) is 8.08. The SMILES string of the molecule is CC/C=C\C/C=C\C/C=C\C/C=C\CCCCCCCCCCCCC(=O)OC(CO)COC(=O)CCCCCCCCCCCCCCCCCCCCCCCCCCC. The van der Waals surface area contributed by atoms with Gasteiger partial charge in [-0.05, 0) is 51.4 Å². The zero-order valence-corrected chi connectivity index (χ0v) is 41.4. The van der Waals surface area contributed by atoms with Gasteiger partial charge < -0.3 is 14.6 Å². The first kappa shape index (κ1) is 59.9. The number of rotatable bonds is 50. The Labute approximate surface area is 386 Å². The minimum Gasteiger partial charge on any atom is -0.462 e. The third kappa shape index (κ3) is 50.5. The van der Waals surface area contributed by atoms with E-state index >= 15 is 0 Å². The average Bonchev–Trinajstić information content (AvgIpc) is 3.28. The van der Waals surface area contributed by atoms with Crippen molar-refractivity contribution >= 4 is 11.9 Å². The molecule has 0 bridgehead atoms. The molecule has 1 unspecified atom stereocenters. The van der Waals surface area contributed by atoms with Crippen LogP contribution in [0, 0.1) is 0 Å². The van der Waals surface area contributed by atoms with Crippen LogP contribution >= 0.6 is 0 Å². The molecule has 362 valence electrons. The minimum absolute atomic E-state index is 0.0645. The second-order valence-electron chi connectivity index (χ2n) is 18.3. The predicted molar refractivity (Wildman–Crippen MR) is 270 cm³/mol. The van der Waals surface area contributed by atoms with Crippen molar-refractivity contribution in [2.45, 2.75) is 290 Å². The molecule has 1 atom stereocenters. The molecule has 0 aliphatic rings. The second-order valence-corrected chi connectivity index (χ2v) is 18.3. The molecule has 0 radical (unpaired) electrons. The van der Waals surface area contributed by atoms with Gasteiger partial charge in [-0.25, -0.2) is 0 Å². The van der Waals surface area contributed by atoms with E-state index in [1.165, 1.54) is 193 Å². The minimum atomic E-state index is -0.774. The molecular weight excluding hydrogens is 765 g/mol. The summed E-state index contributed by atoms with van der Waals surface area (Å²) in [7, 11) is 0. The molecular formula is C57H104O5. The molecule has 0 spiro atoms. The van der Waals surface area contributed by atoms with Crippen LogP contribution in [0.5, 0.6) is 0 Å². The van der Waals surface area contributed by atoms with Gasteiger partial charge >= 0.3 is 11.9 Å². The van der Waals surface area contributed by atoms with E-state index in [-0.39, 0.29) is 25.2 Å². The number of carbonyl (C=O) groups is 2. The van der Waals surface area contributed by atoms with Crippen LogP contribution in [0.2, 0.25) is 0 Å². The zero-order chi connectivity index (χ0) is 44.9. The van der Waals surface area contributed by atoms with Gasteiger partial charge in [0, 0.05) is 12.8 Å². The van der Waals surface area contributed by atoms with Crippen LogP contribution in [-0.2, 0) is 19.1 Å². The number of ether oxygens (including phenoxy) is 2. The van der Waals surface area contributed by atoms with E-state index in [1.54, 1.807) is 0 Å². The van der Waals surface area contributed by atoms with Crippen molar-refractivity contribution in [2.75, 3.05) is 13.2 Å². The van der Waals surface area contributed by atoms with Crippen LogP contribution in [0.25, 0.3) is 0 Å². The summed E-state index contributed by atoms with van der Waals surface area (Å²) in [4.78, 5) is 24.5. The van der Waals surface area contributed by atoms with E-state index in [9.17, 15) is 14.7 Å². The van der Waals surface area contributed by atoms with Crippen molar-refractivity contribution in [3.8, 4) is 0 Å². The number of allylic oxidation sites excluding steroid dienone is 8. The Kier molecular flexibility index (Phi) is 51.4. The third-order valence-corrected chi connectivity index (χ3v) is 12.1. The molecule has 0 aromatic carbocycles. The molecule has 0 fully saturated rings. The number of aliphatic hydroxyl groups is 1. The zero-order valence-electron chi connectivity index (χ0n) is 41.4. The lowest BCUT2D eigenvalue weighted by Gasteiger charge is -2.15. The second kappa shape index (κ2) is 53.2. The standard InChI is InChI=1S/C57H104O5/c1-3-5-7-9-11-13-15-17-19-21-23-25-27-28-30-31-33-35-37-39-41-43-45-47-49-51-56(59)61-54-55(53-58)62-57(60)52-50-48-46-44-42-40-38-36-34-32-29-26-24-22-20-18-16-14-12-10-8-6-4-2/h6,8,12,14,18,20,24,26,55,58H,3-5,7,9-11,13,15-17,19,21-23,25,27-54H2,1-2H3/b8-6-,14-12-,20-18-,26-24-. The fourth-order valence-electron chi connectivity index (χ4n) is 8.08. The number of aliphatic hydroxyl groups excluding tert-OH is 1. The fraction of sp³-hybridized carbons (Fsp3) is 0.825. The summed E-state index contributed by atoms with van der Waals surface area (Å²) < 4.78 is 10.7. The number of esters is 2. The Morgan fingerprint density at radius 2 is 0.694 bits per heavy atom. The highest BCUT2D eigenvalue weighted by atomic mass is 16.6. The Balaban J connectivity index is 3.46. The number of hydrogen-bond donors (Lipinski definition) is 1. The quantitative estimate of drug-likeness (QED) is 0.0375. The molecule has 0 aliphatic heterocycles. The van der Waals surface area contributed by atoms with Crippen LogP contribution in [0.3, 0.4) is 0 Å². The molecule has 0 aromatic rings. The maximum Gasteiger partial charge on any atom is 0.306 e. The van der Waals surface area contributed by atoms with Gasteiger partial charge in [0.05, 0.1) is 6.61 Å². The Morgan fingerprint density at radius 1 is 0.387 bits per heavy atom. The van der Waals surface area contributed by atoms with Crippen molar-refractivity contribution in [1.29, 1.82) is 0 Å². The van der Waals surface area contributed by atoms with Crippen LogP contribution in [0.1, 0.15) is 284 Å². The van der Waals surface area contributed by atoms with Gasteiger partial charge in [-0.15, -0.1) is 0 Å². The monoisotopic (exact) mass is 869 g/mol. The van der Waals surface area contributed by atoms with Crippen molar-refractivity contribution in [3.63, 3.8) is 0 Å². The van der Waals surface area contributed by atoms with E-state index in [1.807, 2.05) is 0 Å². The summed E-state index contributed by atoms with van der Waals surface area (Å²) in [5.41, 5.74) is 0. The summed E-state index contributed by atoms with van der Waals surface area (Å²) >= 11 is 0. The number of carbonyl (C=O) groups excluding carboxylic acids is 2. The summed E-state index contributed by atoms with van der Waals surface area (Å²) in [5.74, 6) is -0.582. The highest BCUT2D eigenvalue weighted by molar-refractivity contribution is 5.70. The van der Waals surface area contributed by atoms with Gasteiger partial charge in [0.2, 0.25) is 0 Å². The molecule has 5 nitrogen and oxygen atoms in total. The molecule has 0 amide bonds. The maximum absolute atomic E-state index is 12.3. The van der Waals surface area contributed by atoms with E-state index in [0.29, 0.717) is 12.8 Å². The predicted octanol–water partition coefficient (Wildman–Crippen LogP) is 18.1. The Bertz CT molecular complexity index is 1030. The van der Waals surface area contributed by atoms with Crippen molar-refractivity contribution in [1.82, 2.24) is 0 Å². The average molecular weight is 869 g/mol. The molecule has 62 heavy (non-hydrogen) atoms. The van der Waals surface area contributed by atoms with Crippen LogP contribution in [-0.4, -0.2) is 36.4 Å². The largest absolute Gasteiger partial charge is 0.462 e. The van der Waals surface area contributed by atoms with Gasteiger partial charge in [-0.2, -0.15) is 0 Å². The third-order valence-electron chi connectivity index (χ3n) is 12.1. The van der Waals surface area contributed by atoms with Crippen LogP contribution in [0.15, 0.2) is 48.6 Å². The first-order valence-corrected chi connectivity index (χ1v) is 27.2. The molecule has 1 N–H and O–H groups in total. The molecule has 0 aromatic heterocycles. The normalized spacial score (nSPS) is 12.5. The maximum atomic E-state index is 12.3. The topological polar surface area (TPSA) is 72.8 Å². The van der Waals surface area contributed by atoms with E-state index in [4.69, 9.17) is 9.47 Å².